The molecule has 2 heteroatoms. The average molecular weight is 277 g/mol. The molecule has 0 saturated heterocycles. The summed E-state index contributed by atoms with van der Waals surface area (Å²) in [5.74, 6) is 1.87. The quantitative estimate of drug-likeness (QED) is 0.817. The van der Waals surface area contributed by atoms with Crippen molar-refractivity contribution < 1.29 is 0 Å². The minimum Gasteiger partial charge on any atom is -0.309 e. The Morgan fingerprint density at radius 3 is 2.58 bits per heavy atom. The summed E-state index contributed by atoms with van der Waals surface area (Å²) in [6, 6.07) is 9.82. The third-order valence-electron chi connectivity index (χ3n) is 4.05. The van der Waals surface area contributed by atoms with E-state index in [4.69, 9.17) is 0 Å². The molecule has 1 saturated carbocycles. The third kappa shape index (κ3) is 4.25. The van der Waals surface area contributed by atoms with Gasteiger partial charge in [-0.15, -0.1) is 0 Å². The Balaban J connectivity index is 1.84. The molecule has 0 aliphatic heterocycles. The smallest absolute Gasteiger partial charge is 0.0208 e. The van der Waals surface area contributed by atoms with E-state index < -0.39 is 0 Å². The maximum atomic E-state index is 3.76. The molecule has 0 spiro atoms. The van der Waals surface area contributed by atoms with Gasteiger partial charge in [0.15, 0.2) is 0 Å². The highest BCUT2D eigenvalue weighted by Crippen LogP contribution is 2.30. The second-order valence-corrected chi connectivity index (χ2v) is 7.32. The summed E-state index contributed by atoms with van der Waals surface area (Å²) in [6.45, 7) is 7.78. The summed E-state index contributed by atoms with van der Waals surface area (Å²) >= 11 is 2.13. The van der Waals surface area contributed by atoms with Gasteiger partial charge >= 0.3 is 0 Å². The van der Waals surface area contributed by atoms with Gasteiger partial charge in [-0.05, 0) is 35.6 Å². The lowest BCUT2D eigenvalue weighted by Gasteiger charge is -2.20. The van der Waals surface area contributed by atoms with Crippen LogP contribution >= 0.6 is 11.8 Å². The largest absolute Gasteiger partial charge is 0.309 e. The summed E-state index contributed by atoms with van der Waals surface area (Å²) in [6.07, 6.45) is 4.13. The van der Waals surface area contributed by atoms with Crippen LogP contribution in [0.25, 0.3) is 0 Å². The molecule has 0 amide bonds. The van der Waals surface area contributed by atoms with Gasteiger partial charge in [0, 0.05) is 17.8 Å². The molecule has 2 rings (SSSR count). The fourth-order valence-corrected chi connectivity index (χ4v) is 4.07. The number of thioether (sulfide) groups is 1. The van der Waals surface area contributed by atoms with E-state index >= 15 is 0 Å². The van der Waals surface area contributed by atoms with Crippen molar-refractivity contribution in [3.05, 3.63) is 35.4 Å². The third-order valence-corrected chi connectivity index (χ3v) is 5.37. The SMILES string of the molecule is CCSC1CCCC1NCc1ccc(C(C)C)cc1. The van der Waals surface area contributed by atoms with E-state index in [9.17, 15) is 0 Å². The summed E-state index contributed by atoms with van der Waals surface area (Å²) in [5.41, 5.74) is 2.85. The lowest BCUT2D eigenvalue weighted by atomic mass is 10.0. The molecule has 19 heavy (non-hydrogen) atoms. The summed E-state index contributed by atoms with van der Waals surface area (Å²) in [5, 5.41) is 4.59. The number of benzene rings is 1. The molecule has 0 heterocycles. The molecule has 0 radical (unpaired) electrons. The van der Waals surface area contributed by atoms with Gasteiger partial charge in [-0.3, -0.25) is 0 Å². The second-order valence-electron chi connectivity index (χ2n) is 5.81. The van der Waals surface area contributed by atoms with Gasteiger partial charge in [0.05, 0.1) is 0 Å². The monoisotopic (exact) mass is 277 g/mol. The predicted octanol–water partition coefficient (Wildman–Crippen LogP) is 4.57. The summed E-state index contributed by atoms with van der Waals surface area (Å²) in [4.78, 5) is 0. The predicted molar refractivity (Wildman–Crippen MR) is 86.9 cm³/mol. The molecule has 1 aliphatic rings. The molecule has 106 valence electrons. The highest BCUT2D eigenvalue weighted by atomic mass is 32.2. The first-order valence-corrected chi connectivity index (χ1v) is 8.69. The van der Waals surface area contributed by atoms with Crippen molar-refractivity contribution in [2.24, 2.45) is 0 Å². The van der Waals surface area contributed by atoms with E-state index in [0.29, 0.717) is 5.92 Å². The van der Waals surface area contributed by atoms with Crippen LogP contribution in [0.4, 0.5) is 0 Å². The molecule has 0 bridgehead atoms. The van der Waals surface area contributed by atoms with Crippen LogP contribution in [0.2, 0.25) is 0 Å². The van der Waals surface area contributed by atoms with Crippen molar-refractivity contribution >= 4 is 11.8 Å². The molecule has 1 fully saturated rings. The molecule has 1 aliphatic carbocycles. The van der Waals surface area contributed by atoms with E-state index in [0.717, 1.165) is 17.8 Å². The van der Waals surface area contributed by atoms with Gasteiger partial charge in [0.25, 0.3) is 0 Å². The van der Waals surface area contributed by atoms with Gasteiger partial charge in [-0.1, -0.05) is 51.5 Å². The molecule has 0 aromatic heterocycles. The van der Waals surface area contributed by atoms with Crippen LogP contribution in [0.15, 0.2) is 24.3 Å². The Morgan fingerprint density at radius 1 is 1.21 bits per heavy atom. The highest BCUT2D eigenvalue weighted by molar-refractivity contribution is 7.99. The molecular weight excluding hydrogens is 250 g/mol. The fraction of sp³-hybridized carbons (Fsp3) is 0.647. The van der Waals surface area contributed by atoms with E-state index in [1.165, 1.54) is 36.1 Å². The van der Waals surface area contributed by atoms with Crippen molar-refractivity contribution in [1.82, 2.24) is 5.32 Å². The average Bonchev–Trinajstić information content (AvgIpc) is 2.85. The second kappa shape index (κ2) is 7.35. The standard InChI is InChI=1S/C17H27NS/c1-4-19-17-7-5-6-16(17)18-12-14-8-10-15(11-9-14)13(2)3/h8-11,13,16-18H,4-7,12H2,1-3H3. The Kier molecular flexibility index (Phi) is 5.77. The maximum absolute atomic E-state index is 3.76. The zero-order valence-electron chi connectivity index (χ0n) is 12.5. The van der Waals surface area contributed by atoms with Crippen molar-refractivity contribution in [3.63, 3.8) is 0 Å². The molecule has 2 atom stereocenters. The Hall–Kier alpha value is -0.470. The minimum absolute atomic E-state index is 0.627. The lowest BCUT2D eigenvalue weighted by Crippen LogP contribution is -2.33. The van der Waals surface area contributed by atoms with Crippen molar-refractivity contribution in [1.29, 1.82) is 0 Å². The summed E-state index contributed by atoms with van der Waals surface area (Å²) in [7, 11) is 0. The zero-order chi connectivity index (χ0) is 13.7. The topological polar surface area (TPSA) is 12.0 Å². The van der Waals surface area contributed by atoms with Crippen molar-refractivity contribution in [2.45, 2.75) is 63.8 Å². The molecule has 1 aromatic rings. The van der Waals surface area contributed by atoms with Crippen LogP contribution in [0.3, 0.4) is 0 Å². The number of nitrogens with one attached hydrogen (secondary N) is 1. The van der Waals surface area contributed by atoms with Crippen molar-refractivity contribution in [3.8, 4) is 0 Å². The van der Waals surface area contributed by atoms with Crippen LogP contribution in [0, 0.1) is 0 Å². The minimum atomic E-state index is 0.627. The molecule has 2 unspecified atom stereocenters. The highest BCUT2D eigenvalue weighted by Gasteiger charge is 2.26. The van der Waals surface area contributed by atoms with E-state index in [-0.39, 0.29) is 0 Å². The summed E-state index contributed by atoms with van der Waals surface area (Å²) < 4.78 is 0. The number of hydrogen-bond acceptors (Lipinski definition) is 2. The van der Waals surface area contributed by atoms with Gasteiger partial charge < -0.3 is 5.32 Å². The molecule has 1 N–H and O–H groups in total. The van der Waals surface area contributed by atoms with Gasteiger partial charge in [0.2, 0.25) is 0 Å². The van der Waals surface area contributed by atoms with Crippen LogP contribution in [0.1, 0.15) is 57.1 Å². The van der Waals surface area contributed by atoms with Crippen LogP contribution in [-0.2, 0) is 6.54 Å². The lowest BCUT2D eigenvalue weighted by molar-refractivity contribution is 0.532. The van der Waals surface area contributed by atoms with Crippen LogP contribution in [-0.4, -0.2) is 17.0 Å². The first kappa shape index (κ1) is 14.9. The van der Waals surface area contributed by atoms with E-state index in [2.05, 4.69) is 62.1 Å². The van der Waals surface area contributed by atoms with E-state index in [1.54, 1.807) is 0 Å². The van der Waals surface area contributed by atoms with Gasteiger partial charge in [0.1, 0.15) is 0 Å². The maximum Gasteiger partial charge on any atom is 0.0208 e. The fourth-order valence-electron chi connectivity index (χ4n) is 2.84. The number of rotatable bonds is 6. The van der Waals surface area contributed by atoms with E-state index in [1.807, 2.05) is 0 Å². The first-order valence-electron chi connectivity index (χ1n) is 7.64. The Bertz CT molecular complexity index is 371. The molecule has 1 aromatic carbocycles. The van der Waals surface area contributed by atoms with Gasteiger partial charge in [-0.2, -0.15) is 11.8 Å². The van der Waals surface area contributed by atoms with Gasteiger partial charge in [-0.25, -0.2) is 0 Å². The zero-order valence-corrected chi connectivity index (χ0v) is 13.3. The van der Waals surface area contributed by atoms with Crippen LogP contribution in [0.5, 0.6) is 0 Å². The van der Waals surface area contributed by atoms with Crippen molar-refractivity contribution in [2.75, 3.05) is 5.75 Å². The Labute approximate surface area is 122 Å². The number of hydrogen-bond donors (Lipinski definition) is 1. The normalized spacial score (nSPS) is 23.2. The first-order chi connectivity index (χ1) is 9.20. The molecular formula is C17H27NS. The molecule has 1 nitrogen and oxygen atoms in total. The Morgan fingerprint density at radius 2 is 1.95 bits per heavy atom. The van der Waals surface area contributed by atoms with Crippen LogP contribution < -0.4 is 5.32 Å².